The summed E-state index contributed by atoms with van der Waals surface area (Å²) in [6.07, 6.45) is 1.66. The van der Waals surface area contributed by atoms with Gasteiger partial charge in [-0.1, -0.05) is 52.3 Å². The highest BCUT2D eigenvalue weighted by molar-refractivity contribution is 9.10. The molecule has 1 aliphatic heterocycles. The molecule has 0 amide bonds. The second-order valence-electron chi connectivity index (χ2n) is 6.53. The molecule has 150 valence electrons. The lowest BCUT2D eigenvalue weighted by atomic mass is 10.1. The Hall–Kier alpha value is -3.38. The molecule has 6 heteroatoms. The zero-order valence-corrected chi connectivity index (χ0v) is 17.8. The SMILES string of the molecule is COc1cc(/C=C2\N=C(c3ccc(Br)cc3)OC2=O)ccc1OCc1ccccc1. The van der Waals surface area contributed by atoms with Crippen molar-refractivity contribution < 1.29 is 19.0 Å². The Morgan fingerprint density at radius 3 is 2.50 bits per heavy atom. The maximum atomic E-state index is 12.2. The van der Waals surface area contributed by atoms with Crippen molar-refractivity contribution in [1.29, 1.82) is 0 Å². The zero-order chi connectivity index (χ0) is 20.9. The van der Waals surface area contributed by atoms with E-state index in [1.54, 1.807) is 19.3 Å². The molecule has 3 aromatic carbocycles. The molecule has 5 nitrogen and oxygen atoms in total. The molecule has 0 radical (unpaired) electrons. The molecular formula is C24H18BrNO4. The summed E-state index contributed by atoms with van der Waals surface area (Å²) in [5, 5.41) is 0. The van der Waals surface area contributed by atoms with E-state index in [0.717, 1.165) is 21.2 Å². The lowest BCUT2D eigenvalue weighted by Gasteiger charge is -2.11. The lowest BCUT2D eigenvalue weighted by Crippen LogP contribution is -2.05. The number of hydrogen-bond acceptors (Lipinski definition) is 5. The number of carbonyl (C=O) groups excluding carboxylic acids is 1. The summed E-state index contributed by atoms with van der Waals surface area (Å²) in [6, 6.07) is 22.8. The Morgan fingerprint density at radius 2 is 1.77 bits per heavy atom. The predicted molar refractivity (Wildman–Crippen MR) is 119 cm³/mol. The largest absolute Gasteiger partial charge is 0.493 e. The number of rotatable bonds is 6. The molecule has 30 heavy (non-hydrogen) atoms. The van der Waals surface area contributed by atoms with Crippen molar-refractivity contribution in [2.75, 3.05) is 7.11 Å². The molecule has 0 saturated carbocycles. The number of esters is 1. The Morgan fingerprint density at radius 1 is 1.00 bits per heavy atom. The van der Waals surface area contributed by atoms with E-state index < -0.39 is 5.97 Å². The highest BCUT2D eigenvalue weighted by atomic mass is 79.9. The molecule has 0 unspecified atom stereocenters. The van der Waals surface area contributed by atoms with Gasteiger partial charge in [-0.05, 0) is 53.6 Å². The molecule has 0 aromatic heterocycles. The number of halogens is 1. The fourth-order valence-corrected chi connectivity index (χ4v) is 3.18. The van der Waals surface area contributed by atoms with Crippen LogP contribution in [0.1, 0.15) is 16.7 Å². The van der Waals surface area contributed by atoms with Crippen molar-refractivity contribution in [3.63, 3.8) is 0 Å². The number of benzene rings is 3. The van der Waals surface area contributed by atoms with E-state index in [4.69, 9.17) is 14.2 Å². The van der Waals surface area contributed by atoms with Crippen LogP contribution >= 0.6 is 15.9 Å². The van der Waals surface area contributed by atoms with E-state index >= 15 is 0 Å². The van der Waals surface area contributed by atoms with Crippen LogP contribution in [0.15, 0.2) is 88.0 Å². The van der Waals surface area contributed by atoms with Crippen LogP contribution in [0.5, 0.6) is 11.5 Å². The van der Waals surface area contributed by atoms with E-state index in [2.05, 4.69) is 20.9 Å². The minimum Gasteiger partial charge on any atom is -0.493 e. The predicted octanol–water partition coefficient (Wildman–Crippen LogP) is 5.38. The standard InChI is InChI=1S/C24H18BrNO4/c1-28-22-14-17(7-12-21(22)29-15-16-5-3-2-4-6-16)13-20-24(27)30-23(26-20)18-8-10-19(25)11-9-18/h2-14H,15H2,1H3/b20-13-. The van der Waals surface area contributed by atoms with Crippen molar-refractivity contribution in [3.05, 3.63) is 99.7 Å². The van der Waals surface area contributed by atoms with Gasteiger partial charge in [0, 0.05) is 10.0 Å². The molecule has 0 bridgehead atoms. The fourth-order valence-electron chi connectivity index (χ4n) is 2.91. The number of aliphatic imine (C=N–C) groups is 1. The molecule has 0 atom stereocenters. The van der Waals surface area contributed by atoms with Crippen LogP contribution in [0, 0.1) is 0 Å². The maximum Gasteiger partial charge on any atom is 0.363 e. The van der Waals surface area contributed by atoms with Crippen molar-refractivity contribution in [1.82, 2.24) is 0 Å². The van der Waals surface area contributed by atoms with Crippen molar-refractivity contribution in [3.8, 4) is 11.5 Å². The van der Waals surface area contributed by atoms with Crippen molar-refractivity contribution in [2.24, 2.45) is 4.99 Å². The van der Waals surface area contributed by atoms with Gasteiger partial charge in [0.25, 0.3) is 0 Å². The number of methoxy groups -OCH3 is 1. The number of nitrogens with zero attached hydrogens (tertiary/aromatic N) is 1. The number of carbonyl (C=O) groups is 1. The number of cyclic esters (lactones) is 1. The minimum atomic E-state index is -0.490. The quantitative estimate of drug-likeness (QED) is 0.363. The van der Waals surface area contributed by atoms with Gasteiger partial charge >= 0.3 is 5.97 Å². The molecule has 3 aromatic rings. The van der Waals surface area contributed by atoms with E-state index in [-0.39, 0.29) is 11.6 Å². The van der Waals surface area contributed by atoms with Gasteiger partial charge in [-0.15, -0.1) is 0 Å². The van der Waals surface area contributed by atoms with Gasteiger partial charge < -0.3 is 14.2 Å². The first-order valence-electron chi connectivity index (χ1n) is 9.25. The molecule has 0 aliphatic carbocycles. The average molecular weight is 464 g/mol. The second kappa shape index (κ2) is 8.97. The Bertz CT molecular complexity index is 1120. The van der Waals surface area contributed by atoms with Crippen LogP contribution < -0.4 is 9.47 Å². The first-order chi connectivity index (χ1) is 14.6. The summed E-state index contributed by atoms with van der Waals surface area (Å²) in [5.41, 5.74) is 2.78. The third kappa shape index (κ3) is 4.60. The maximum absolute atomic E-state index is 12.2. The normalized spacial score (nSPS) is 14.4. The molecular weight excluding hydrogens is 446 g/mol. The van der Waals surface area contributed by atoms with E-state index in [0.29, 0.717) is 18.1 Å². The molecule has 0 saturated heterocycles. The van der Waals surface area contributed by atoms with Crippen LogP contribution in [0.25, 0.3) is 6.08 Å². The van der Waals surface area contributed by atoms with E-state index in [9.17, 15) is 4.79 Å². The topological polar surface area (TPSA) is 57.1 Å². The Balaban J connectivity index is 1.54. The van der Waals surface area contributed by atoms with Crippen LogP contribution in [0.4, 0.5) is 0 Å². The fraction of sp³-hybridized carbons (Fsp3) is 0.0833. The molecule has 4 rings (SSSR count). The van der Waals surface area contributed by atoms with Gasteiger partial charge in [-0.3, -0.25) is 0 Å². The summed E-state index contributed by atoms with van der Waals surface area (Å²) < 4.78 is 17.6. The van der Waals surface area contributed by atoms with Gasteiger partial charge in [0.05, 0.1) is 7.11 Å². The first kappa shape index (κ1) is 19.9. The van der Waals surface area contributed by atoms with Crippen LogP contribution in [-0.4, -0.2) is 19.0 Å². The highest BCUT2D eigenvalue weighted by Crippen LogP contribution is 2.30. The van der Waals surface area contributed by atoms with Gasteiger partial charge in [0.2, 0.25) is 5.90 Å². The van der Waals surface area contributed by atoms with Gasteiger partial charge in [-0.2, -0.15) is 0 Å². The first-order valence-corrected chi connectivity index (χ1v) is 10.0. The van der Waals surface area contributed by atoms with Gasteiger partial charge in [0.1, 0.15) is 6.61 Å². The number of hydrogen-bond donors (Lipinski definition) is 0. The van der Waals surface area contributed by atoms with Gasteiger partial charge in [-0.25, -0.2) is 9.79 Å². The van der Waals surface area contributed by atoms with E-state index in [1.807, 2.05) is 66.7 Å². The summed E-state index contributed by atoms with van der Waals surface area (Å²) in [7, 11) is 1.58. The summed E-state index contributed by atoms with van der Waals surface area (Å²) in [5.74, 6) is 0.991. The molecule has 0 N–H and O–H groups in total. The van der Waals surface area contributed by atoms with Gasteiger partial charge in [0.15, 0.2) is 17.2 Å². The summed E-state index contributed by atoms with van der Waals surface area (Å²) in [6.45, 7) is 0.435. The molecule has 1 aliphatic rings. The van der Waals surface area contributed by atoms with Crippen molar-refractivity contribution >= 4 is 33.9 Å². The van der Waals surface area contributed by atoms with Crippen LogP contribution in [0.2, 0.25) is 0 Å². The third-order valence-electron chi connectivity index (χ3n) is 4.44. The average Bonchev–Trinajstić information content (AvgIpc) is 3.14. The minimum absolute atomic E-state index is 0.230. The monoisotopic (exact) mass is 463 g/mol. The summed E-state index contributed by atoms with van der Waals surface area (Å²) in [4.78, 5) is 16.6. The highest BCUT2D eigenvalue weighted by Gasteiger charge is 2.24. The summed E-state index contributed by atoms with van der Waals surface area (Å²) >= 11 is 3.38. The number of ether oxygens (including phenoxy) is 3. The second-order valence-corrected chi connectivity index (χ2v) is 7.44. The lowest BCUT2D eigenvalue weighted by molar-refractivity contribution is -0.129. The van der Waals surface area contributed by atoms with Crippen LogP contribution in [-0.2, 0) is 16.1 Å². The Kier molecular flexibility index (Phi) is 5.95. The van der Waals surface area contributed by atoms with Crippen LogP contribution in [0.3, 0.4) is 0 Å². The van der Waals surface area contributed by atoms with E-state index in [1.165, 1.54) is 0 Å². The smallest absolute Gasteiger partial charge is 0.363 e. The Labute approximate surface area is 182 Å². The third-order valence-corrected chi connectivity index (χ3v) is 4.97. The molecule has 1 heterocycles. The van der Waals surface area contributed by atoms with Crippen molar-refractivity contribution in [2.45, 2.75) is 6.61 Å². The molecule has 0 fully saturated rings. The zero-order valence-electron chi connectivity index (χ0n) is 16.2. The molecule has 0 spiro atoms.